The van der Waals surface area contributed by atoms with Crippen LogP contribution >= 0.6 is 0 Å². The molecule has 0 aliphatic carbocycles. The highest BCUT2D eigenvalue weighted by Crippen LogP contribution is 2.20. The molecule has 23 heavy (non-hydrogen) atoms. The first-order valence-corrected chi connectivity index (χ1v) is 6.77. The van der Waals surface area contributed by atoms with E-state index in [2.05, 4.69) is 5.32 Å². The van der Waals surface area contributed by atoms with Crippen molar-refractivity contribution in [2.24, 2.45) is 0 Å². The van der Waals surface area contributed by atoms with Crippen LogP contribution in [0.3, 0.4) is 0 Å². The number of carbonyl (C=O) groups is 1. The minimum atomic E-state index is -1.47. The summed E-state index contributed by atoms with van der Waals surface area (Å²) in [5.74, 6) is -2.28. The molecule has 0 saturated carbocycles. The van der Waals surface area contributed by atoms with Crippen molar-refractivity contribution in [2.75, 3.05) is 11.9 Å². The third kappa shape index (κ3) is 4.23. The Morgan fingerprint density at radius 1 is 1.09 bits per heavy atom. The third-order valence-corrected chi connectivity index (χ3v) is 3.26. The lowest BCUT2D eigenvalue weighted by Crippen LogP contribution is -2.40. The number of hydrogen-bond donors (Lipinski definition) is 3. The van der Waals surface area contributed by atoms with Crippen LogP contribution in [-0.4, -0.2) is 17.7 Å². The largest absolute Gasteiger partial charge is 0.384 e. The van der Waals surface area contributed by atoms with Crippen LogP contribution in [0.15, 0.2) is 42.5 Å². The molecule has 0 bridgehead atoms. The van der Waals surface area contributed by atoms with Crippen LogP contribution in [0.4, 0.5) is 23.7 Å². The molecule has 2 aromatic carbocycles. The highest BCUT2D eigenvalue weighted by atomic mass is 19.1. The van der Waals surface area contributed by atoms with Crippen molar-refractivity contribution in [2.45, 2.75) is 12.5 Å². The van der Waals surface area contributed by atoms with Crippen LogP contribution in [0.5, 0.6) is 0 Å². The van der Waals surface area contributed by atoms with E-state index in [1.54, 1.807) is 0 Å². The number of hydrogen-bond acceptors (Lipinski definition) is 2. The highest BCUT2D eigenvalue weighted by Gasteiger charge is 2.24. The van der Waals surface area contributed by atoms with Crippen molar-refractivity contribution in [1.29, 1.82) is 0 Å². The van der Waals surface area contributed by atoms with Gasteiger partial charge in [-0.05, 0) is 36.8 Å². The predicted octanol–water partition coefficient (Wildman–Crippen LogP) is 3.13. The molecule has 0 heterocycles. The monoisotopic (exact) mass is 324 g/mol. The molecule has 2 amide bonds. The summed E-state index contributed by atoms with van der Waals surface area (Å²) in [5, 5.41) is 14.6. The standard InChI is InChI=1S/C16H15F3N2O2/c1-16(23,10-5-7-11(17)8-6-10)9-20-15(22)21-14-12(18)3-2-4-13(14)19/h2-8,23H,9H2,1H3,(H2,20,21,22). The van der Waals surface area contributed by atoms with E-state index in [0.29, 0.717) is 5.56 Å². The van der Waals surface area contributed by atoms with E-state index in [1.165, 1.54) is 37.3 Å². The molecule has 3 N–H and O–H groups in total. The van der Waals surface area contributed by atoms with Gasteiger partial charge in [0.25, 0.3) is 0 Å². The number of para-hydroxylation sites is 1. The van der Waals surface area contributed by atoms with Crippen LogP contribution < -0.4 is 10.6 Å². The fourth-order valence-electron chi connectivity index (χ4n) is 1.94. The molecule has 0 aliphatic rings. The van der Waals surface area contributed by atoms with Gasteiger partial charge >= 0.3 is 6.03 Å². The van der Waals surface area contributed by atoms with Crippen LogP contribution in [0.1, 0.15) is 12.5 Å². The lowest BCUT2D eigenvalue weighted by atomic mass is 9.96. The van der Waals surface area contributed by atoms with Gasteiger partial charge in [-0.25, -0.2) is 18.0 Å². The van der Waals surface area contributed by atoms with Crippen molar-refractivity contribution < 1.29 is 23.1 Å². The van der Waals surface area contributed by atoms with Gasteiger partial charge in [0.2, 0.25) is 0 Å². The second-order valence-corrected chi connectivity index (χ2v) is 5.19. The average molecular weight is 324 g/mol. The lowest BCUT2D eigenvalue weighted by molar-refractivity contribution is 0.0599. The molecule has 0 aliphatic heterocycles. The maximum Gasteiger partial charge on any atom is 0.319 e. The van der Waals surface area contributed by atoms with Gasteiger partial charge in [0.05, 0.1) is 6.54 Å². The number of urea groups is 1. The Kier molecular flexibility index (Phi) is 4.90. The molecule has 0 saturated heterocycles. The number of halogens is 3. The molecular formula is C16H15F3N2O2. The van der Waals surface area contributed by atoms with Crippen LogP contribution in [-0.2, 0) is 5.60 Å². The number of benzene rings is 2. The van der Waals surface area contributed by atoms with Crippen LogP contribution in [0.2, 0.25) is 0 Å². The SMILES string of the molecule is CC(O)(CNC(=O)Nc1c(F)cccc1F)c1ccc(F)cc1. The van der Waals surface area contributed by atoms with Gasteiger partial charge in [-0.15, -0.1) is 0 Å². The zero-order valence-corrected chi connectivity index (χ0v) is 12.2. The summed E-state index contributed by atoms with van der Waals surface area (Å²) in [6, 6.07) is 7.43. The topological polar surface area (TPSA) is 61.4 Å². The molecule has 0 fully saturated rings. The van der Waals surface area contributed by atoms with Crippen LogP contribution in [0.25, 0.3) is 0 Å². The van der Waals surface area contributed by atoms with E-state index in [1.807, 2.05) is 5.32 Å². The Morgan fingerprint density at radius 2 is 1.65 bits per heavy atom. The van der Waals surface area contributed by atoms with Gasteiger partial charge in [-0.1, -0.05) is 18.2 Å². The lowest BCUT2D eigenvalue weighted by Gasteiger charge is -2.24. The first-order valence-electron chi connectivity index (χ1n) is 6.77. The number of rotatable bonds is 4. The Labute approximate surface area is 131 Å². The smallest absolute Gasteiger partial charge is 0.319 e. The Balaban J connectivity index is 1.99. The molecular weight excluding hydrogens is 309 g/mol. The second kappa shape index (κ2) is 6.70. The normalized spacial score (nSPS) is 13.3. The van der Waals surface area contributed by atoms with E-state index in [4.69, 9.17) is 0 Å². The zero-order chi connectivity index (χ0) is 17.0. The third-order valence-electron chi connectivity index (χ3n) is 3.26. The zero-order valence-electron chi connectivity index (χ0n) is 12.2. The van der Waals surface area contributed by atoms with Gasteiger partial charge < -0.3 is 15.7 Å². The highest BCUT2D eigenvalue weighted by molar-refractivity contribution is 5.89. The Morgan fingerprint density at radius 3 is 2.22 bits per heavy atom. The molecule has 122 valence electrons. The summed E-state index contributed by atoms with van der Waals surface area (Å²) < 4.78 is 39.7. The number of nitrogens with one attached hydrogen (secondary N) is 2. The van der Waals surface area contributed by atoms with Crippen molar-refractivity contribution in [3.05, 3.63) is 65.5 Å². The number of amides is 2. The Bertz CT molecular complexity index is 683. The number of aliphatic hydroxyl groups is 1. The van der Waals surface area contributed by atoms with Crippen LogP contribution in [0, 0.1) is 17.5 Å². The minimum Gasteiger partial charge on any atom is -0.384 e. The Hall–Kier alpha value is -2.54. The van der Waals surface area contributed by atoms with E-state index in [0.717, 1.165) is 12.1 Å². The second-order valence-electron chi connectivity index (χ2n) is 5.19. The summed E-state index contributed by atoms with van der Waals surface area (Å²) in [5.41, 5.74) is -1.67. The van der Waals surface area contributed by atoms with Crippen molar-refractivity contribution in [3.8, 4) is 0 Å². The summed E-state index contributed by atoms with van der Waals surface area (Å²) in [6.07, 6.45) is 0. The van der Waals surface area contributed by atoms with Gasteiger partial charge in [-0.2, -0.15) is 0 Å². The van der Waals surface area contributed by atoms with Crippen molar-refractivity contribution >= 4 is 11.7 Å². The van der Waals surface area contributed by atoms with E-state index >= 15 is 0 Å². The minimum absolute atomic E-state index is 0.236. The van der Waals surface area contributed by atoms with Crippen molar-refractivity contribution in [1.82, 2.24) is 5.32 Å². The van der Waals surface area contributed by atoms with E-state index < -0.39 is 34.8 Å². The van der Waals surface area contributed by atoms with Crippen molar-refractivity contribution in [3.63, 3.8) is 0 Å². The molecule has 0 aromatic heterocycles. The average Bonchev–Trinajstić information content (AvgIpc) is 2.50. The van der Waals surface area contributed by atoms with E-state index in [-0.39, 0.29) is 6.54 Å². The molecule has 0 spiro atoms. The first kappa shape index (κ1) is 16.8. The summed E-state index contributed by atoms with van der Waals surface area (Å²) in [6.45, 7) is 1.19. The molecule has 7 heteroatoms. The molecule has 1 atom stereocenters. The summed E-state index contributed by atoms with van der Waals surface area (Å²) >= 11 is 0. The van der Waals surface area contributed by atoms with Gasteiger partial charge in [-0.3, -0.25) is 0 Å². The summed E-state index contributed by atoms with van der Waals surface area (Å²) in [7, 11) is 0. The molecule has 2 rings (SSSR count). The van der Waals surface area contributed by atoms with Gasteiger partial charge in [0.15, 0.2) is 0 Å². The number of anilines is 1. The number of carbonyl (C=O) groups excluding carboxylic acids is 1. The molecule has 0 radical (unpaired) electrons. The molecule has 1 unspecified atom stereocenters. The molecule has 2 aromatic rings. The fourth-order valence-corrected chi connectivity index (χ4v) is 1.94. The first-order chi connectivity index (χ1) is 10.8. The fraction of sp³-hybridized carbons (Fsp3) is 0.188. The quantitative estimate of drug-likeness (QED) is 0.809. The van der Waals surface area contributed by atoms with E-state index in [9.17, 15) is 23.1 Å². The van der Waals surface area contributed by atoms with Gasteiger partial charge in [0, 0.05) is 0 Å². The summed E-state index contributed by atoms with van der Waals surface area (Å²) in [4.78, 5) is 11.7. The van der Waals surface area contributed by atoms with Gasteiger partial charge in [0.1, 0.15) is 28.7 Å². The maximum absolute atomic E-state index is 13.4. The molecule has 4 nitrogen and oxygen atoms in total. The maximum atomic E-state index is 13.4. The predicted molar refractivity (Wildman–Crippen MR) is 79.4 cm³/mol.